The van der Waals surface area contributed by atoms with E-state index in [2.05, 4.69) is 9.98 Å². The van der Waals surface area contributed by atoms with Crippen molar-refractivity contribution in [2.24, 2.45) is 21.5 Å². The van der Waals surface area contributed by atoms with Crippen molar-refractivity contribution in [3.05, 3.63) is 81.9 Å². The maximum atomic E-state index is 10.8. The number of rotatable bonds is 5. The molecule has 0 atom stereocenters. The van der Waals surface area contributed by atoms with Gasteiger partial charge in [0, 0.05) is 17.8 Å². The van der Waals surface area contributed by atoms with Crippen LogP contribution in [-0.2, 0) is 0 Å². The topological polar surface area (TPSA) is 123 Å². The van der Waals surface area contributed by atoms with Gasteiger partial charge in [-0.2, -0.15) is 4.99 Å². The molecule has 0 unspecified atom stereocenters. The molecule has 2 aromatic carbocycles. The van der Waals surface area contributed by atoms with Crippen molar-refractivity contribution in [3.63, 3.8) is 0 Å². The zero-order valence-electron chi connectivity index (χ0n) is 16.2. The molecule has 29 heavy (non-hydrogen) atoms. The van der Waals surface area contributed by atoms with Gasteiger partial charge in [-0.05, 0) is 37.1 Å². The van der Waals surface area contributed by atoms with Crippen LogP contribution in [0.5, 0.6) is 0 Å². The van der Waals surface area contributed by atoms with Gasteiger partial charge in [0.15, 0.2) is 0 Å². The Morgan fingerprint density at radius 1 is 1.03 bits per heavy atom. The van der Waals surface area contributed by atoms with E-state index < -0.39 is 10.6 Å². The van der Waals surface area contributed by atoms with Crippen LogP contribution in [0.2, 0.25) is 0 Å². The van der Waals surface area contributed by atoms with Crippen LogP contribution < -0.4 is 16.4 Å². The minimum atomic E-state index is -0.653. The molecule has 8 heteroatoms. The van der Waals surface area contributed by atoms with Gasteiger partial charge < -0.3 is 11.5 Å². The van der Waals surface area contributed by atoms with Crippen LogP contribution in [0.25, 0.3) is 12.2 Å². The van der Waals surface area contributed by atoms with E-state index in [1.54, 1.807) is 6.07 Å². The molecule has 1 heterocycles. The number of nitro benzene ring substituents is 1. The Kier molecular flexibility index (Phi) is 5.45. The molecule has 8 nitrogen and oxygen atoms in total. The van der Waals surface area contributed by atoms with Crippen LogP contribution in [-0.4, -0.2) is 22.5 Å². The molecule has 0 saturated heterocycles. The quantitative estimate of drug-likeness (QED) is 0.459. The number of allylic oxidation sites excluding steroid dienone is 2. The smallest absolute Gasteiger partial charge is 0.270 e. The predicted octanol–water partition coefficient (Wildman–Crippen LogP) is 3.51. The van der Waals surface area contributed by atoms with Gasteiger partial charge in [0.05, 0.1) is 4.92 Å². The van der Waals surface area contributed by atoms with E-state index in [0.717, 1.165) is 16.8 Å². The van der Waals surface area contributed by atoms with Crippen molar-refractivity contribution in [2.45, 2.75) is 19.5 Å². The van der Waals surface area contributed by atoms with Crippen molar-refractivity contribution in [2.75, 3.05) is 4.90 Å². The number of benzene rings is 2. The zero-order valence-corrected chi connectivity index (χ0v) is 16.2. The van der Waals surface area contributed by atoms with Crippen molar-refractivity contribution >= 4 is 35.4 Å². The van der Waals surface area contributed by atoms with Gasteiger partial charge in [0.1, 0.15) is 5.66 Å². The molecule has 4 N–H and O–H groups in total. The fraction of sp³-hybridized carbons (Fsp3) is 0.143. The number of anilines is 1. The third-order valence-electron chi connectivity index (χ3n) is 4.29. The molecule has 2 aromatic rings. The van der Waals surface area contributed by atoms with E-state index in [1.165, 1.54) is 12.1 Å². The van der Waals surface area contributed by atoms with Crippen molar-refractivity contribution in [1.29, 1.82) is 0 Å². The molecule has 148 valence electrons. The first-order chi connectivity index (χ1) is 13.8. The Morgan fingerprint density at radius 2 is 1.66 bits per heavy atom. The third-order valence-corrected chi connectivity index (χ3v) is 4.29. The lowest BCUT2D eigenvalue weighted by atomic mass is 10.1. The molecule has 0 radical (unpaired) electrons. The van der Waals surface area contributed by atoms with E-state index in [-0.39, 0.29) is 17.6 Å². The van der Waals surface area contributed by atoms with Crippen LogP contribution in [0.3, 0.4) is 0 Å². The summed E-state index contributed by atoms with van der Waals surface area (Å²) in [7, 11) is 0. The van der Waals surface area contributed by atoms with E-state index in [1.807, 2.05) is 73.4 Å². The molecule has 0 saturated carbocycles. The highest BCUT2D eigenvalue weighted by Crippen LogP contribution is 2.28. The third kappa shape index (κ3) is 4.67. The standard InChI is InChI=1S/C21H22N6O2/c1-21(2)25-19(22)24-20(23)26(21)17-11-5-9-15(13-17)7-3-4-8-16-10-6-12-18(14-16)27(28)29/h3-14H,1-2H3,(H4,22,23,24,25)/b7-3-,8-4-. The van der Waals surface area contributed by atoms with E-state index in [0.29, 0.717) is 0 Å². The number of nitro groups is 1. The summed E-state index contributed by atoms with van der Waals surface area (Å²) in [5, 5.41) is 10.8. The molecule has 1 aliphatic heterocycles. The summed E-state index contributed by atoms with van der Waals surface area (Å²) in [5.41, 5.74) is 13.8. The number of guanidine groups is 2. The van der Waals surface area contributed by atoms with E-state index in [4.69, 9.17) is 11.5 Å². The summed E-state index contributed by atoms with van der Waals surface area (Å²) in [6.45, 7) is 3.82. The fourth-order valence-corrected chi connectivity index (χ4v) is 3.09. The van der Waals surface area contributed by atoms with Crippen LogP contribution >= 0.6 is 0 Å². The first-order valence-corrected chi connectivity index (χ1v) is 8.95. The molecule has 1 aliphatic rings. The summed E-state index contributed by atoms with van der Waals surface area (Å²) in [4.78, 5) is 20.7. The Labute approximate surface area is 168 Å². The van der Waals surface area contributed by atoms with Crippen LogP contribution in [0, 0.1) is 10.1 Å². The summed E-state index contributed by atoms with van der Waals surface area (Å²) in [6, 6.07) is 14.2. The SMILES string of the molecule is CC1(C)N=C(N)N=C(N)N1c1cccc(/C=C\C=C/c2cccc([N+](=O)[O-])c2)c1. The second kappa shape index (κ2) is 7.97. The lowest BCUT2D eigenvalue weighted by Crippen LogP contribution is -2.54. The van der Waals surface area contributed by atoms with E-state index in [9.17, 15) is 10.1 Å². The number of nitrogens with two attached hydrogens (primary N) is 2. The highest BCUT2D eigenvalue weighted by Gasteiger charge is 2.32. The molecule has 3 rings (SSSR count). The normalized spacial score (nSPS) is 16.1. The van der Waals surface area contributed by atoms with Gasteiger partial charge in [-0.3, -0.25) is 15.0 Å². The first-order valence-electron chi connectivity index (χ1n) is 8.95. The highest BCUT2D eigenvalue weighted by molar-refractivity contribution is 6.05. The van der Waals surface area contributed by atoms with Gasteiger partial charge in [0.2, 0.25) is 11.9 Å². The molecule has 0 aromatic heterocycles. The molecule has 0 spiro atoms. The maximum absolute atomic E-state index is 10.8. The lowest BCUT2D eigenvalue weighted by Gasteiger charge is -2.38. The first kappa shape index (κ1) is 19.8. The van der Waals surface area contributed by atoms with Gasteiger partial charge in [0.25, 0.3) is 5.69 Å². The zero-order chi connectivity index (χ0) is 21.0. The molecule has 0 bridgehead atoms. The second-order valence-corrected chi connectivity index (χ2v) is 6.94. The van der Waals surface area contributed by atoms with Crippen molar-refractivity contribution in [3.8, 4) is 0 Å². The van der Waals surface area contributed by atoms with Crippen LogP contribution in [0.1, 0.15) is 25.0 Å². The van der Waals surface area contributed by atoms with Crippen LogP contribution in [0.4, 0.5) is 11.4 Å². The van der Waals surface area contributed by atoms with Gasteiger partial charge >= 0.3 is 0 Å². The number of hydrogen-bond acceptors (Lipinski definition) is 7. The summed E-state index contributed by atoms with van der Waals surface area (Å²) >= 11 is 0. The summed E-state index contributed by atoms with van der Waals surface area (Å²) in [5.74, 6) is 0.445. The van der Waals surface area contributed by atoms with Crippen molar-refractivity contribution in [1.82, 2.24) is 0 Å². The Hall–Kier alpha value is -3.94. The molecule has 0 aliphatic carbocycles. The average molecular weight is 390 g/mol. The number of non-ortho nitro benzene ring substituents is 1. The summed E-state index contributed by atoms with van der Waals surface area (Å²) in [6.07, 6.45) is 7.44. The van der Waals surface area contributed by atoms with Crippen LogP contribution in [0.15, 0.2) is 70.7 Å². The summed E-state index contributed by atoms with van der Waals surface area (Å²) < 4.78 is 0. The predicted molar refractivity (Wildman–Crippen MR) is 117 cm³/mol. The molecule has 0 amide bonds. The van der Waals surface area contributed by atoms with E-state index >= 15 is 0 Å². The molecular formula is C21H22N6O2. The maximum Gasteiger partial charge on any atom is 0.270 e. The Balaban J connectivity index is 1.78. The molecule has 0 fully saturated rings. The average Bonchev–Trinajstić information content (AvgIpc) is 2.64. The largest absolute Gasteiger partial charge is 0.369 e. The lowest BCUT2D eigenvalue weighted by molar-refractivity contribution is -0.384. The van der Waals surface area contributed by atoms with Gasteiger partial charge in [-0.15, -0.1) is 0 Å². The second-order valence-electron chi connectivity index (χ2n) is 6.94. The van der Waals surface area contributed by atoms with Gasteiger partial charge in [-0.1, -0.05) is 48.6 Å². The van der Waals surface area contributed by atoms with Gasteiger partial charge in [-0.25, -0.2) is 4.99 Å². The highest BCUT2D eigenvalue weighted by atomic mass is 16.6. The fourth-order valence-electron chi connectivity index (χ4n) is 3.09. The Bertz CT molecular complexity index is 1050. The minimum absolute atomic E-state index is 0.0653. The number of hydrogen-bond donors (Lipinski definition) is 2. The minimum Gasteiger partial charge on any atom is -0.369 e. The number of aliphatic imine (C=N–C) groups is 2. The Morgan fingerprint density at radius 3 is 2.28 bits per heavy atom. The van der Waals surface area contributed by atoms with Crippen molar-refractivity contribution < 1.29 is 4.92 Å². The molecular weight excluding hydrogens is 368 g/mol. The monoisotopic (exact) mass is 390 g/mol. The number of nitrogens with zero attached hydrogens (tertiary/aromatic N) is 4.